The third kappa shape index (κ3) is 3.14. The van der Waals surface area contributed by atoms with Crippen LogP contribution in [0.4, 0.5) is 0 Å². The van der Waals surface area contributed by atoms with Crippen LogP contribution in [0, 0.1) is 0 Å². The molecule has 1 aliphatic heterocycles. The topological polar surface area (TPSA) is 49.8 Å². The lowest BCUT2D eigenvalue weighted by atomic mass is 10.0. The molecule has 1 aromatic rings. The molecule has 1 heterocycles. The number of likely N-dealkylation sites (tertiary alicyclic amines) is 1. The van der Waals surface area contributed by atoms with Crippen molar-refractivity contribution in [3.8, 4) is 0 Å². The molecule has 1 fully saturated rings. The lowest BCUT2D eigenvalue weighted by molar-refractivity contribution is -0.150. The van der Waals surface area contributed by atoms with Gasteiger partial charge < -0.3 is 9.84 Å². The van der Waals surface area contributed by atoms with Gasteiger partial charge in [-0.15, -0.1) is 0 Å². The van der Waals surface area contributed by atoms with Crippen LogP contribution in [0.25, 0.3) is 0 Å². The van der Waals surface area contributed by atoms with Gasteiger partial charge in [0.1, 0.15) is 6.04 Å². The van der Waals surface area contributed by atoms with E-state index < -0.39 is 6.04 Å². The molecule has 0 aromatic heterocycles. The molecule has 104 valence electrons. The molecular formula is C15H21NO3. The van der Waals surface area contributed by atoms with E-state index in [-0.39, 0.29) is 18.6 Å². The van der Waals surface area contributed by atoms with E-state index in [0.717, 1.165) is 24.9 Å². The Morgan fingerprint density at radius 3 is 2.84 bits per heavy atom. The quantitative estimate of drug-likeness (QED) is 0.822. The van der Waals surface area contributed by atoms with Gasteiger partial charge >= 0.3 is 5.97 Å². The largest absolute Gasteiger partial charge is 0.465 e. The Morgan fingerprint density at radius 1 is 1.47 bits per heavy atom. The Bertz CT molecular complexity index is 407. The van der Waals surface area contributed by atoms with Crippen LogP contribution in [-0.2, 0) is 9.53 Å². The smallest absolute Gasteiger partial charge is 0.328 e. The van der Waals surface area contributed by atoms with Crippen LogP contribution in [-0.4, -0.2) is 41.8 Å². The van der Waals surface area contributed by atoms with Gasteiger partial charge in [0.15, 0.2) is 0 Å². The van der Waals surface area contributed by atoms with Crippen LogP contribution in [0.3, 0.4) is 0 Å². The van der Waals surface area contributed by atoms with E-state index >= 15 is 0 Å². The van der Waals surface area contributed by atoms with E-state index in [9.17, 15) is 9.90 Å². The number of esters is 1. The molecule has 4 nitrogen and oxygen atoms in total. The molecule has 19 heavy (non-hydrogen) atoms. The van der Waals surface area contributed by atoms with Crippen molar-refractivity contribution in [2.75, 3.05) is 19.8 Å². The fourth-order valence-corrected chi connectivity index (χ4v) is 2.71. The summed E-state index contributed by atoms with van der Waals surface area (Å²) in [6, 6.07) is 9.30. The highest BCUT2D eigenvalue weighted by Crippen LogP contribution is 2.30. The second-order valence-corrected chi connectivity index (χ2v) is 4.78. The summed E-state index contributed by atoms with van der Waals surface area (Å²) in [6.45, 7) is 3.10. The van der Waals surface area contributed by atoms with Crippen molar-refractivity contribution in [1.82, 2.24) is 4.90 Å². The number of benzene rings is 1. The van der Waals surface area contributed by atoms with Gasteiger partial charge in [-0.1, -0.05) is 30.3 Å². The zero-order valence-electron chi connectivity index (χ0n) is 11.3. The highest BCUT2D eigenvalue weighted by atomic mass is 16.5. The predicted octanol–water partition coefficient (Wildman–Crippen LogP) is 1.75. The monoisotopic (exact) mass is 263 g/mol. The van der Waals surface area contributed by atoms with Crippen LogP contribution in [0.5, 0.6) is 0 Å². The fraction of sp³-hybridized carbons (Fsp3) is 0.533. The maximum atomic E-state index is 12.2. The number of carbonyl (C=O) groups excluding carboxylic acids is 1. The molecule has 0 amide bonds. The second-order valence-electron chi connectivity index (χ2n) is 4.78. The minimum Gasteiger partial charge on any atom is -0.465 e. The summed E-state index contributed by atoms with van der Waals surface area (Å²) in [5, 5.41) is 9.45. The number of ether oxygens (including phenoxy) is 1. The first-order valence-electron chi connectivity index (χ1n) is 6.86. The molecule has 4 heteroatoms. The summed E-state index contributed by atoms with van der Waals surface area (Å²) in [6.07, 6.45) is 1.94. The minimum atomic E-state index is -0.402. The van der Waals surface area contributed by atoms with Crippen LogP contribution in [0.1, 0.15) is 31.4 Å². The number of aliphatic hydroxyl groups is 1. The van der Waals surface area contributed by atoms with Crippen LogP contribution >= 0.6 is 0 Å². The van der Waals surface area contributed by atoms with E-state index in [1.165, 1.54) is 0 Å². The Morgan fingerprint density at radius 2 is 2.21 bits per heavy atom. The van der Waals surface area contributed by atoms with Crippen molar-refractivity contribution in [3.63, 3.8) is 0 Å². The zero-order valence-corrected chi connectivity index (χ0v) is 11.3. The summed E-state index contributed by atoms with van der Waals surface area (Å²) in [4.78, 5) is 14.3. The molecule has 0 radical (unpaired) electrons. The maximum Gasteiger partial charge on any atom is 0.328 e. The SMILES string of the molecule is CCOC(=O)C(c1ccccc1)N1CCCC1CO. The standard InChI is InChI=1S/C15H21NO3/c1-2-19-15(18)14(12-7-4-3-5-8-12)16-10-6-9-13(16)11-17/h3-5,7-8,13-14,17H,2,6,9-11H2,1H3. The Kier molecular flexibility index (Phi) is 4.93. The molecule has 0 bridgehead atoms. The molecule has 0 saturated carbocycles. The first-order chi connectivity index (χ1) is 9.27. The molecule has 0 aliphatic carbocycles. The van der Waals surface area contributed by atoms with Gasteiger partial charge in [0.05, 0.1) is 13.2 Å². The van der Waals surface area contributed by atoms with Crippen LogP contribution in [0.2, 0.25) is 0 Å². The van der Waals surface area contributed by atoms with Crippen molar-refractivity contribution in [2.24, 2.45) is 0 Å². The first-order valence-corrected chi connectivity index (χ1v) is 6.86. The molecule has 0 spiro atoms. The van der Waals surface area contributed by atoms with E-state index in [0.29, 0.717) is 6.61 Å². The van der Waals surface area contributed by atoms with Gasteiger partial charge in [-0.25, -0.2) is 4.79 Å². The van der Waals surface area contributed by atoms with Gasteiger partial charge in [-0.3, -0.25) is 4.90 Å². The highest BCUT2D eigenvalue weighted by molar-refractivity contribution is 5.77. The minimum absolute atomic E-state index is 0.0506. The molecule has 2 unspecified atom stereocenters. The normalized spacial score (nSPS) is 21.3. The third-order valence-corrected chi connectivity index (χ3v) is 3.59. The van der Waals surface area contributed by atoms with E-state index in [2.05, 4.69) is 4.90 Å². The molecule has 1 aromatic carbocycles. The number of nitrogens with zero attached hydrogens (tertiary/aromatic N) is 1. The number of rotatable bonds is 5. The predicted molar refractivity (Wildman–Crippen MR) is 72.6 cm³/mol. The van der Waals surface area contributed by atoms with Crippen molar-refractivity contribution in [3.05, 3.63) is 35.9 Å². The van der Waals surface area contributed by atoms with E-state index in [1.54, 1.807) is 0 Å². The van der Waals surface area contributed by atoms with Crippen molar-refractivity contribution in [2.45, 2.75) is 31.8 Å². The van der Waals surface area contributed by atoms with Crippen LogP contribution < -0.4 is 0 Å². The summed E-state index contributed by atoms with van der Waals surface area (Å²) in [5.41, 5.74) is 0.932. The fourth-order valence-electron chi connectivity index (χ4n) is 2.71. The Hall–Kier alpha value is -1.39. The molecule has 1 aliphatic rings. The molecule has 1 N–H and O–H groups in total. The number of carbonyl (C=O) groups is 1. The number of hydrogen-bond acceptors (Lipinski definition) is 4. The lowest BCUT2D eigenvalue weighted by Gasteiger charge is -2.30. The Labute approximate surface area is 114 Å². The molecule has 2 atom stereocenters. The highest BCUT2D eigenvalue weighted by Gasteiger charge is 2.36. The second kappa shape index (κ2) is 6.68. The number of aliphatic hydroxyl groups excluding tert-OH is 1. The maximum absolute atomic E-state index is 12.2. The lowest BCUT2D eigenvalue weighted by Crippen LogP contribution is -2.40. The van der Waals surface area contributed by atoms with Gasteiger partial charge in [0.25, 0.3) is 0 Å². The average molecular weight is 263 g/mol. The van der Waals surface area contributed by atoms with Crippen LogP contribution in [0.15, 0.2) is 30.3 Å². The van der Waals surface area contributed by atoms with Crippen molar-refractivity contribution >= 4 is 5.97 Å². The van der Waals surface area contributed by atoms with E-state index in [1.807, 2.05) is 37.3 Å². The molecule has 1 saturated heterocycles. The van der Waals surface area contributed by atoms with Gasteiger partial charge in [0.2, 0.25) is 0 Å². The van der Waals surface area contributed by atoms with Gasteiger partial charge in [-0.05, 0) is 31.9 Å². The summed E-state index contributed by atoms with van der Waals surface area (Å²) in [5.74, 6) is -0.228. The number of hydrogen-bond donors (Lipinski definition) is 1. The molecular weight excluding hydrogens is 242 g/mol. The molecule has 2 rings (SSSR count). The van der Waals surface area contributed by atoms with Crippen molar-refractivity contribution in [1.29, 1.82) is 0 Å². The van der Waals surface area contributed by atoms with E-state index in [4.69, 9.17) is 4.74 Å². The summed E-state index contributed by atoms with van der Waals surface area (Å²) >= 11 is 0. The third-order valence-electron chi connectivity index (χ3n) is 3.59. The van der Waals surface area contributed by atoms with Crippen molar-refractivity contribution < 1.29 is 14.6 Å². The van der Waals surface area contributed by atoms with Gasteiger partial charge in [0, 0.05) is 6.04 Å². The Balaban J connectivity index is 2.26. The summed E-state index contributed by atoms with van der Waals surface area (Å²) < 4.78 is 5.20. The summed E-state index contributed by atoms with van der Waals surface area (Å²) in [7, 11) is 0. The zero-order chi connectivity index (χ0) is 13.7. The average Bonchev–Trinajstić information content (AvgIpc) is 2.89. The van der Waals surface area contributed by atoms with Gasteiger partial charge in [-0.2, -0.15) is 0 Å². The first kappa shape index (κ1) is 14.0.